The van der Waals surface area contributed by atoms with E-state index in [0.29, 0.717) is 25.7 Å². The quantitative estimate of drug-likeness (QED) is 0.355. The van der Waals surface area contributed by atoms with Gasteiger partial charge in [-0.2, -0.15) is 0 Å². The molecule has 19 heavy (non-hydrogen) atoms. The van der Waals surface area contributed by atoms with Gasteiger partial charge in [0.2, 0.25) is 0 Å². The second-order valence-corrected chi connectivity index (χ2v) is 7.22. The van der Waals surface area contributed by atoms with Gasteiger partial charge in [0.1, 0.15) is 4.34 Å². The van der Waals surface area contributed by atoms with Gasteiger partial charge in [-0.05, 0) is 25.1 Å². The smallest absolute Gasteiger partial charge is 0.104 e. The zero-order chi connectivity index (χ0) is 13.8. The summed E-state index contributed by atoms with van der Waals surface area (Å²) in [6.07, 6.45) is 0. The molecule has 1 heterocycles. The Hall–Kier alpha value is -0.680. The Balaban J connectivity index is 2.11. The standard InChI is InChI=1S/C13H11Cl2NOS2/c1-8-3-2-4-9(5-8)18-7-11(16-17)10-6-12(14)19-13(10)15/h2-6,17H,7H2,1H3/b16-11-. The predicted molar refractivity (Wildman–Crippen MR) is 84.6 cm³/mol. The molecule has 0 saturated carbocycles. The van der Waals surface area contributed by atoms with E-state index in [2.05, 4.69) is 11.2 Å². The Labute approximate surface area is 130 Å². The van der Waals surface area contributed by atoms with Gasteiger partial charge in [-0.3, -0.25) is 0 Å². The summed E-state index contributed by atoms with van der Waals surface area (Å²) in [6, 6.07) is 9.87. The number of thioether (sulfide) groups is 1. The third-order valence-corrected chi connectivity index (χ3v) is 4.95. The van der Waals surface area contributed by atoms with Gasteiger partial charge >= 0.3 is 0 Å². The topological polar surface area (TPSA) is 32.6 Å². The first-order valence-corrected chi connectivity index (χ1v) is 8.01. The molecule has 0 amide bonds. The lowest BCUT2D eigenvalue weighted by atomic mass is 10.2. The van der Waals surface area contributed by atoms with Crippen molar-refractivity contribution in [3.05, 3.63) is 50.1 Å². The van der Waals surface area contributed by atoms with Crippen molar-refractivity contribution in [3.63, 3.8) is 0 Å². The molecule has 0 radical (unpaired) electrons. The fourth-order valence-corrected chi connectivity index (χ4v) is 4.02. The number of hydrogen-bond acceptors (Lipinski definition) is 4. The van der Waals surface area contributed by atoms with Crippen molar-refractivity contribution in [3.8, 4) is 0 Å². The first-order valence-electron chi connectivity index (χ1n) is 5.45. The van der Waals surface area contributed by atoms with E-state index in [0.717, 1.165) is 4.90 Å². The minimum absolute atomic E-state index is 0.527. The molecule has 1 N–H and O–H groups in total. The van der Waals surface area contributed by atoms with Gasteiger partial charge in [-0.25, -0.2) is 0 Å². The number of oxime groups is 1. The molecule has 1 aromatic carbocycles. The maximum atomic E-state index is 9.12. The van der Waals surface area contributed by atoms with Gasteiger partial charge in [0.25, 0.3) is 0 Å². The molecule has 0 aliphatic heterocycles. The molecule has 2 aromatic rings. The van der Waals surface area contributed by atoms with Crippen molar-refractivity contribution in [1.82, 2.24) is 0 Å². The summed E-state index contributed by atoms with van der Waals surface area (Å²) in [4.78, 5) is 1.12. The first-order chi connectivity index (χ1) is 9.10. The summed E-state index contributed by atoms with van der Waals surface area (Å²) in [6.45, 7) is 2.04. The Kier molecular flexibility index (Phi) is 5.16. The number of aryl methyl sites for hydroxylation is 1. The average Bonchev–Trinajstić information content (AvgIpc) is 2.70. The Morgan fingerprint density at radius 3 is 2.74 bits per heavy atom. The molecule has 2 nitrogen and oxygen atoms in total. The molecule has 2 rings (SSSR count). The second kappa shape index (κ2) is 6.66. The van der Waals surface area contributed by atoms with E-state index < -0.39 is 0 Å². The summed E-state index contributed by atoms with van der Waals surface area (Å²) >= 11 is 14.8. The van der Waals surface area contributed by atoms with Crippen LogP contribution in [0.5, 0.6) is 0 Å². The van der Waals surface area contributed by atoms with Gasteiger partial charge in [0.15, 0.2) is 0 Å². The van der Waals surface area contributed by atoms with E-state index in [4.69, 9.17) is 28.4 Å². The molecular formula is C13H11Cl2NOS2. The van der Waals surface area contributed by atoms with E-state index in [-0.39, 0.29) is 0 Å². The molecule has 0 bridgehead atoms. The summed E-state index contributed by atoms with van der Waals surface area (Å²) in [5.41, 5.74) is 2.42. The van der Waals surface area contributed by atoms with Crippen LogP contribution in [0.25, 0.3) is 0 Å². The third kappa shape index (κ3) is 3.89. The molecule has 0 unspecified atom stereocenters. The van der Waals surface area contributed by atoms with Crippen LogP contribution in [0.3, 0.4) is 0 Å². The van der Waals surface area contributed by atoms with Crippen molar-refractivity contribution in [2.45, 2.75) is 11.8 Å². The van der Waals surface area contributed by atoms with Crippen LogP contribution in [0, 0.1) is 6.92 Å². The van der Waals surface area contributed by atoms with E-state index in [1.807, 2.05) is 25.1 Å². The van der Waals surface area contributed by atoms with Crippen molar-refractivity contribution in [1.29, 1.82) is 0 Å². The van der Waals surface area contributed by atoms with E-state index in [1.165, 1.54) is 16.9 Å². The second-order valence-electron chi connectivity index (χ2n) is 3.89. The number of benzene rings is 1. The monoisotopic (exact) mass is 331 g/mol. The molecular weight excluding hydrogens is 321 g/mol. The summed E-state index contributed by atoms with van der Waals surface area (Å²) in [7, 11) is 0. The third-order valence-electron chi connectivity index (χ3n) is 2.45. The lowest BCUT2D eigenvalue weighted by Gasteiger charge is -2.04. The highest BCUT2D eigenvalue weighted by molar-refractivity contribution is 8.00. The highest BCUT2D eigenvalue weighted by Gasteiger charge is 2.13. The van der Waals surface area contributed by atoms with Gasteiger partial charge in [0, 0.05) is 16.2 Å². The van der Waals surface area contributed by atoms with Gasteiger partial charge in [-0.15, -0.1) is 23.1 Å². The zero-order valence-corrected chi connectivity index (χ0v) is 13.2. The molecule has 0 fully saturated rings. The number of halogens is 2. The van der Waals surface area contributed by atoms with Gasteiger partial charge in [0.05, 0.1) is 10.0 Å². The molecule has 1 aromatic heterocycles. The number of thiophene rings is 1. The normalized spacial score (nSPS) is 11.8. The average molecular weight is 332 g/mol. The fourth-order valence-electron chi connectivity index (χ4n) is 1.55. The first kappa shape index (κ1) is 14.7. The van der Waals surface area contributed by atoms with Gasteiger partial charge < -0.3 is 5.21 Å². The molecule has 0 atom stereocenters. The Morgan fingerprint density at radius 1 is 1.37 bits per heavy atom. The number of hydrogen-bond donors (Lipinski definition) is 1. The number of nitrogens with zero attached hydrogens (tertiary/aromatic N) is 1. The van der Waals surface area contributed by atoms with Crippen LogP contribution in [0.4, 0.5) is 0 Å². The van der Waals surface area contributed by atoms with Crippen LogP contribution in [-0.2, 0) is 0 Å². The molecule has 100 valence electrons. The lowest BCUT2D eigenvalue weighted by molar-refractivity contribution is 0.319. The highest BCUT2D eigenvalue weighted by atomic mass is 35.5. The van der Waals surface area contributed by atoms with Crippen LogP contribution < -0.4 is 0 Å². The lowest BCUT2D eigenvalue weighted by Crippen LogP contribution is -2.03. The maximum Gasteiger partial charge on any atom is 0.104 e. The van der Waals surface area contributed by atoms with Crippen LogP contribution >= 0.6 is 46.3 Å². The van der Waals surface area contributed by atoms with E-state index in [1.54, 1.807) is 17.8 Å². The van der Waals surface area contributed by atoms with Crippen molar-refractivity contribution in [2.75, 3.05) is 5.75 Å². The molecule has 0 aliphatic carbocycles. The van der Waals surface area contributed by atoms with Crippen molar-refractivity contribution < 1.29 is 5.21 Å². The minimum Gasteiger partial charge on any atom is -0.411 e. The minimum atomic E-state index is 0.527. The molecule has 0 saturated heterocycles. The predicted octanol–water partition coefficient (Wildman–Crippen LogP) is 5.33. The Morgan fingerprint density at radius 2 is 2.16 bits per heavy atom. The molecule has 6 heteroatoms. The summed E-state index contributed by atoms with van der Waals surface area (Å²) in [5, 5.41) is 12.5. The summed E-state index contributed by atoms with van der Waals surface area (Å²) in [5.74, 6) is 0.534. The summed E-state index contributed by atoms with van der Waals surface area (Å²) < 4.78 is 1.13. The maximum absolute atomic E-state index is 9.12. The van der Waals surface area contributed by atoms with Crippen molar-refractivity contribution >= 4 is 52.0 Å². The van der Waals surface area contributed by atoms with E-state index in [9.17, 15) is 0 Å². The zero-order valence-electron chi connectivity index (χ0n) is 10.1. The van der Waals surface area contributed by atoms with Gasteiger partial charge in [-0.1, -0.05) is 46.1 Å². The van der Waals surface area contributed by atoms with Crippen LogP contribution in [0.1, 0.15) is 11.1 Å². The van der Waals surface area contributed by atoms with Crippen LogP contribution in [-0.4, -0.2) is 16.7 Å². The molecule has 0 aliphatic rings. The fraction of sp³-hybridized carbons (Fsp3) is 0.154. The van der Waals surface area contributed by atoms with E-state index >= 15 is 0 Å². The SMILES string of the molecule is Cc1cccc(SC/C(=N/O)c2cc(Cl)sc2Cl)c1. The van der Waals surface area contributed by atoms with Crippen LogP contribution in [0.2, 0.25) is 8.67 Å². The number of rotatable bonds is 4. The molecule has 0 spiro atoms. The Bertz CT molecular complexity index is 610. The van der Waals surface area contributed by atoms with Crippen molar-refractivity contribution in [2.24, 2.45) is 5.16 Å². The van der Waals surface area contributed by atoms with Crippen LogP contribution in [0.15, 0.2) is 40.4 Å². The largest absolute Gasteiger partial charge is 0.411 e. The highest BCUT2D eigenvalue weighted by Crippen LogP contribution is 2.32.